The first kappa shape index (κ1) is 13.1. The molecule has 0 fully saturated rings. The van der Waals surface area contributed by atoms with Crippen LogP contribution in [0.2, 0.25) is 0 Å². The zero-order valence-corrected chi connectivity index (χ0v) is 10.5. The monoisotopic (exact) mass is 244 g/mol. The molecule has 0 saturated heterocycles. The zero-order valence-electron chi connectivity index (χ0n) is 10.5. The maximum Gasteiger partial charge on any atom is 0.0439 e. The Kier molecular flexibility index (Phi) is 4.34. The summed E-state index contributed by atoms with van der Waals surface area (Å²) in [6.07, 6.45) is 8.78. The van der Waals surface area contributed by atoms with Gasteiger partial charge in [0.1, 0.15) is 0 Å². The largest absolute Gasteiger partial charge is 0.396 e. The van der Waals surface area contributed by atoms with Crippen molar-refractivity contribution in [1.29, 1.82) is 0 Å². The van der Waals surface area contributed by atoms with Crippen LogP contribution in [0.15, 0.2) is 48.6 Å². The van der Waals surface area contributed by atoms with Gasteiger partial charge in [-0.1, -0.05) is 48.6 Å². The highest BCUT2D eigenvalue weighted by molar-refractivity contribution is 5.75. The number of aliphatic hydroxyl groups excluding tert-OH is 2. The van der Waals surface area contributed by atoms with Gasteiger partial charge in [0.25, 0.3) is 0 Å². The Bertz CT molecular complexity index is 426. The number of hydrogen-bond donors (Lipinski definition) is 2. The predicted molar refractivity (Wildman–Crippen MR) is 74.0 cm³/mol. The molecule has 0 heterocycles. The predicted octanol–water partition coefficient (Wildman–Crippen LogP) is 2.78. The van der Waals surface area contributed by atoms with Gasteiger partial charge in [-0.2, -0.15) is 0 Å². The molecule has 0 radical (unpaired) electrons. The van der Waals surface area contributed by atoms with Crippen LogP contribution in [0.25, 0.3) is 5.57 Å². The molecule has 0 unspecified atom stereocenters. The first-order valence-corrected chi connectivity index (χ1v) is 6.46. The van der Waals surface area contributed by atoms with Gasteiger partial charge < -0.3 is 10.2 Å². The molecule has 0 bridgehead atoms. The van der Waals surface area contributed by atoms with E-state index in [9.17, 15) is 0 Å². The summed E-state index contributed by atoms with van der Waals surface area (Å²) in [5.41, 5.74) is 2.37. The van der Waals surface area contributed by atoms with Gasteiger partial charge in [-0.05, 0) is 35.8 Å². The van der Waals surface area contributed by atoms with Crippen molar-refractivity contribution in [3.05, 3.63) is 54.1 Å². The van der Waals surface area contributed by atoms with Gasteiger partial charge in [-0.3, -0.25) is 0 Å². The highest BCUT2D eigenvalue weighted by Crippen LogP contribution is 2.38. The van der Waals surface area contributed by atoms with Gasteiger partial charge in [0.05, 0.1) is 0 Å². The van der Waals surface area contributed by atoms with Gasteiger partial charge in [-0.25, -0.2) is 0 Å². The molecule has 18 heavy (non-hydrogen) atoms. The topological polar surface area (TPSA) is 40.5 Å². The van der Waals surface area contributed by atoms with E-state index >= 15 is 0 Å². The third-order valence-corrected chi connectivity index (χ3v) is 3.67. The molecule has 0 aliphatic heterocycles. The lowest BCUT2D eigenvalue weighted by Crippen LogP contribution is -2.22. The zero-order chi connectivity index (χ0) is 12.8. The van der Waals surface area contributed by atoms with Crippen molar-refractivity contribution in [3.63, 3.8) is 0 Å². The van der Waals surface area contributed by atoms with Crippen LogP contribution in [0.4, 0.5) is 0 Å². The van der Waals surface area contributed by atoms with E-state index in [1.165, 1.54) is 11.1 Å². The molecule has 0 saturated carbocycles. The Morgan fingerprint density at radius 1 is 1.00 bits per heavy atom. The highest BCUT2D eigenvalue weighted by atomic mass is 16.3. The molecule has 2 nitrogen and oxygen atoms in total. The van der Waals surface area contributed by atoms with Crippen LogP contribution in [-0.2, 0) is 0 Å². The molecule has 1 aromatic carbocycles. The highest BCUT2D eigenvalue weighted by Gasteiger charge is 2.27. The average Bonchev–Trinajstić information content (AvgIpc) is 2.41. The SMILES string of the molecule is OCCC1(CCO)C=CC(c2ccccc2)=CC1. The fraction of sp³-hybridized carbons (Fsp3) is 0.375. The van der Waals surface area contributed by atoms with E-state index < -0.39 is 0 Å². The fourth-order valence-electron chi connectivity index (χ4n) is 2.50. The lowest BCUT2D eigenvalue weighted by atomic mass is 9.74. The summed E-state index contributed by atoms with van der Waals surface area (Å²) < 4.78 is 0. The Morgan fingerprint density at radius 2 is 1.67 bits per heavy atom. The normalized spacial score (nSPS) is 17.6. The molecular formula is C16H20O2. The van der Waals surface area contributed by atoms with Crippen molar-refractivity contribution in [3.8, 4) is 0 Å². The minimum atomic E-state index is -0.0677. The third kappa shape index (κ3) is 2.89. The lowest BCUT2D eigenvalue weighted by molar-refractivity contribution is 0.172. The summed E-state index contributed by atoms with van der Waals surface area (Å²) in [7, 11) is 0. The molecule has 1 aliphatic carbocycles. The number of rotatable bonds is 5. The van der Waals surface area contributed by atoms with E-state index in [0.717, 1.165) is 6.42 Å². The van der Waals surface area contributed by atoms with Crippen molar-refractivity contribution in [2.75, 3.05) is 13.2 Å². The number of hydrogen-bond acceptors (Lipinski definition) is 2. The molecule has 1 aromatic rings. The molecule has 2 rings (SSSR count). The quantitative estimate of drug-likeness (QED) is 0.836. The van der Waals surface area contributed by atoms with Crippen LogP contribution in [-0.4, -0.2) is 23.4 Å². The van der Waals surface area contributed by atoms with Gasteiger partial charge in [0, 0.05) is 13.2 Å². The second-order valence-electron chi connectivity index (χ2n) is 4.87. The average molecular weight is 244 g/mol. The van der Waals surface area contributed by atoms with Crippen LogP contribution < -0.4 is 0 Å². The molecule has 0 aromatic heterocycles. The second-order valence-corrected chi connectivity index (χ2v) is 4.87. The number of allylic oxidation sites excluding steroid dienone is 4. The first-order valence-electron chi connectivity index (χ1n) is 6.46. The molecule has 96 valence electrons. The molecule has 0 amide bonds. The maximum absolute atomic E-state index is 9.16. The van der Waals surface area contributed by atoms with E-state index in [2.05, 4.69) is 30.4 Å². The minimum Gasteiger partial charge on any atom is -0.396 e. The fourth-order valence-corrected chi connectivity index (χ4v) is 2.50. The van der Waals surface area contributed by atoms with Crippen molar-refractivity contribution < 1.29 is 10.2 Å². The van der Waals surface area contributed by atoms with Crippen LogP contribution in [0, 0.1) is 5.41 Å². The van der Waals surface area contributed by atoms with Gasteiger partial charge >= 0.3 is 0 Å². The van der Waals surface area contributed by atoms with Gasteiger partial charge in [-0.15, -0.1) is 0 Å². The van der Waals surface area contributed by atoms with E-state index in [4.69, 9.17) is 10.2 Å². The standard InChI is InChI=1S/C16H20O2/c17-12-10-16(11-13-18)8-6-15(7-9-16)14-4-2-1-3-5-14/h1-8,17-18H,9-13H2. The molecule has 0 spiro atoms. The molecule has 2 N–H and O–H groups in total. The van der Waals surface area contributed by atoms with Crippen molar-refractivity contribution in [2.24, 2.45) is 5.41 Å². The molecule has 0 atom stereocenters. The minimum absolute atomic E-state index is 0.0677. The van der Waals surface area contributed by atoms with Crippen LogP contribution in [0.3, 0.4) is 0 Å². The summed E-state index contributed by atoms with van der Waals surface area (Å²) in [5, 5.41) is 18.3. The molecular weight excluding hydrogens is 224 g/mol. The van der Waals surface area contributed by atoms with E-state index in [1.807, 2.05) is 18.2 Å². The Balaban J connectivity index is 2.14. The lowest BCUT2D eigenvalue weighted by Gasteiger charge is -2.31. The second kappa shape index (κ2) is 5.98. The van der Waals surface area contributed by atoms with E-state index in [0.29, 0.717) is 12.8 Å². The molecule has 1 aliphatic rings. The summed E-state index contributed by atoms with van der Waals surface area (Å²) in [6.45, 7) is 0.331. The van der Waals surface area contributed by atoms with Gasteiger partial charge in [0.15, 0.2) is 0 Å². The summed E-state index contributed by atoms with van der Waals surface area (Å²) in [6, 6.07) is 10.3. The van der Waals surface area contributed by atoms with Gasteiger partial charge in [0.2, 0.25) is 0 Å². The van der Waals surface area contributed by atoms with Crippen LogP contribution >= 0.6 is 0 Å². The first-order chi connectivity index (χ1) is 8.79. The third-order valence-electron chi connectivity index (χ3n) is 3.67. The summed E-state index contributed by atoms with van der Waals surface area (Å²) in [4.78, 5) is 0. The summed E-state index contributed by atoms with van der Waals surface area (Å²) >= 11 is 0. The van der Waals surface area contributed by atoms with Crippen molar-refractivity contribution >= 4 is 5.57 Å². The Morgan fingerprint density at radius 3 is 2.17 bits per heavy atom. The Hall–Kier alpha value is -1.38. The van der Waals surface area contributed by atoms with Crippen molar-refractivity contribution in [2.45, 2.75) is 19.3 Å². The van der Waals surface area contributed by atoms with Crippen molar-refractivity contribution in [1.82, 2.24) is 0 Å². The van der Waals surface area contributed by atoms with Crippen LogP contribution in [0.5, 0.6) is 0 Å². The maximum atomic E-state index is 9.16. The van der Waals surface area contributed by atoms with E-state index in [-0.39, 0.29) is 18.6 Å². The van der Waals surface area contributed by atoms with E-state index in [1.54, 1.807) is 0 Å². The number of aliphatic hydroxyl groups is 2. The smallest absolute Gasteiger partial charge is 0.0439 e. The van der Waals surface area contributed by atoms with Crippen LogP contribution in [0.1, 0.15) is 24.8 Å². The Labute approximate surface area is 108 Å². The summed E-state index contributed by atoms with van der Waals surface area (Å²) in [5.74, 6) is 0. The molecule has 2 heteroatoms. The number of benzene rings is 1.